The van der Waals surface area contributed by atoms with E-state index in [0.29, 0.717) is 17.9 Å². The van der Waals surface area contributed by atoms with Crippen molar-refractivity contribution in [3.05, 3.63) is 34.4 Å². The van der Waals surface area contributed by atoms with Gasteiger partial charge in [-0.1, -0.05) is 47.6 Å². The Balaban J connectivity index is 3.30. The fourth-order valence-corrected chi connectivity index (χ4v) is 3.58. The number of aromatic carboxylic acids is 2. The van der Waals surface area contributed by atoms with Crippen molar-refractivity contribution < 1.29 is 19.8 Å². The van der Waals surface area contributed by atoms with E-state index in [9.17, 15) is 19.8 Å². The summed E-state index contributed by atoms with van der Waals surface area (Å²) in [5, 5.41) is 19.1. The summed E-state index contributed by atoms with van der Waals surface area (Å²) < 4.78 is 0. The number of carboxylic acid groups (broad SMARTS) is 2. The summed E-state index contributed by atoms with van der Waals surface area (Å²) in [6, 6.07) is 3.24. The monoisotopic (exact) mass is 348 g/mol. The molecule has 4 heteroatoms. The number of carboxylic acids is 2. The first-order chi connectivity index (χ1) is 11.5. The molecule has 0 spiro atoms. The van der Waals surface area contributed by atoms with Crippen molar-refractivity contribution >= 4 is 11.9 Å². The third-order valence-corrected chi connectivity index (χ3v) is 4.78. The van der Waals surface area contributed by atoms with Crippen LogP contribution in [0.1, 0.15) is 98.6 Å². The molecule has 0 saturated heterocycles. The lowest BCUT2D eigenvalue weighted by Crippen LogP contribution is -2.16. The number of rotatable bonds is 8. The highest BCUT2D eigenvalue weighted by molar-refractivity contribution is 6.03. The van der Waals surface area contributed by atoms with Crippen LogP contribution in [0.4, 0.5) is 0 Å². The van der Waals surface area contributed by atoms with Gasteiger partial charge < -0.3 is 10.2 Å². The lowest BCUT2D eigenvalue weighted by Gasteiger charge is -2.24. The maximum absolute atomic E-state index is 11.8. The van der Waals surface area contributed by atoms with Gasteiger partial charge in [0.2, 0.25) is 0 Å². The molecule has 1 aromatic rings. The first kappa shape index (κ1) is 21.2. The molecule has 0 aliphatic carbocycles. The number of hydrogen-bond acceptors (Lipinski definition) is 2. The summed E-state index contributed by atoms with van der Waals surface area (Å²) >= 11 is 0. The van der Waals surface area contributed by atoms with Crippen LogP contribution in [0.25, 0.3) is 0 Å². The lowest BCUT2D eigenvalue weighted by molar-refractivity contribution is 0.0650. The summed E-state index contributed by atoms with van der Waals surface area (Å²) in [5.74, 6) is -1.69. The number of benzene rings is 1. The minimum absolute atomic E-state index is 0.0340. The molecule has 0 heterocycles. The van der Waals surface area contributed by atoms with Crippen LogP contribution in [0, 0.1) is 11.3 Å². The molecule has 0 aliphatic rings. The molecule has 2 unspecified atom stereocenters. The van der Waals surface area contributed by atoms with Gasteiger partial charge in [-0.15, -0.1) is 0 Å². The van der Waals surface area contributed by atoms with E-state index in [-0.39, 0.29) is 22.5 Å². The topological polar surface area (TPSA) is 74.6 Å². The van der Waals surface area contributed by atoms with Gasteiger partial charge in [-0.25, -0.2) is 9.59 Å². The van der Waals surface area contributed by atoms with Gasteiger partial charge in [-0.3, -0.25) is 0 Å². The Labute approximate surface area is 151 Å². The summed E-state index contributed by atoms with van der Waals surface area (Å²) in [6.07, 6.45) is 3.38. The summed E-state index contributed by atoms with van der Waals surface area (Å²) in [4.78, 5) is 23.3. The van der Waals surface area contributed by atoms with Gasteiger partial charge >= 0.3 is 11.9 Å². The van der Waals surface area contributed by atoms with E-state index in [2.05, 4.69) is 41.5 Å². The van der Waals surface area contributed by atoms with Crippen molar-refractivity contribution in [3.63, 3.8) is 0 Å². The molecule has 0 saturated carbocycles. The Bertz CT molecular complexity index is 626. The standard InChI is InChI=1S/C21H32O4/c1-7-14(3)15-10-11-17(19(22)23)18(20(24)25)16(15)9-8-13(2)12-21(4,5)6/h10-11,13-14H,7-9,12H2,1-6H3,(H,22,23)(H,24,25). The fourth-order valence-electron chi connectivity index (χ4n) is 3.58. The van der Waals surface area contributed by atoms with Crippen molar-refractivity contribution in [1.29, 1.82) is 0 Å². The van der Waals surface area contributed by atoms with E-state index in [0.717, 1.165) is 24.8 Å². The Morgan fingerprint density at radius 2 is 1.68 bits per heavy atom. The third kappa shape index (κ3) is 5.87. The van der Waals surface area contributed by atoms with Crippen LogP contribution in [-0.2, 0) is 6.42 Å². The Hall–Kier alpha value is -1.84. The van der Waals surface area contributed by atoms with E-state index in [4.69, 9.17) is 0 Å². The van der Waals surface area contributed by atoms with Gasteiger partial charge in [0, 0.05) is 0 Å². The quantitative estimate of drug-likeness (QED) is 0.641. The van der Waals surface area contributed by atoms with E-state index < -0.39 is 11.9 Å². The fraction of sp³-hybridized carbons (Fsp3) is 0.619. The van der Waals surface area contributed by atoms with Crippen molar-refractivity contribution in [1.82, 2.24) is 0 Å². The van der Waals surface area contributed by atoms with E-state index >= 15 is 0 Å². The van der Waals surface area contributed by atoms with Crippen molar-refractivity contribution in [2.24, 2.45) is 11.3 Å². The second-order valence-corrected chi connectivity index (χ2v) is 8.38. The van der Waals surface area contributed by atoms with Gasteiger partial charge in [-0.05, 0) is 60.1 Å². The maximum atomic E-state index is 11.8. The molecule has 4 nitrogen and oxygen atoms in total. The zero-order chi connectivity index (χ0) is 19.4. The Morgan fingerprint density at radius 3 is 2.12 bits per heavy atom. The van der Waals surface area contributed by atoms with Crippen LogP contribution in [0.3, 0.4) is 0 Å². The molecule has 140 valence electrons. The molecule has 0 bridgehead atoms. The third-order valence-electron chi connectivity index (χ3n) is 4.78. The zero-order valence-corrected chi connectivity index (χ0v) is 16.3. The maximum Gasteiger partial charge on any atom is 0.336 e. The van der Waals surface area contributed by atoms with Gasteiger partial charge in [-0.2, -0.15) is 0 Å². The predicted octanol–water partition coefficient (Wildman–Crippen LogP) is 5.60. The van der Waals surface area contributed by atoms with Gasteiger partial charge in [0.25, 0.3) is 0 Å². The van der Waals surface area contributed by atoms with Crippen LogP contribution in [0.2, 0.25) is 0 Å². The molecular formula is C21H32O4. The largest absolute Gasteiger partial charge is 0.478 e. The molecule has 0 fully saturated rings. The summed E-state index contributed by atoms with van der Waals surface area (Å²) in [7, 11) is 0. The van der Waals surface area contributed by atoms with E-state index in [1.54, 1.807) is 6.07 Å². The normalized spacial score (nSPS) is 14.2. The molecule has 0 amide bonds. The molecular weight excluding hydrogens is 316 g/mol. The predicted molar refractivity (Wildman–Crippen MR) is 101 cm³/mol. The molecule has 2 N–H and O–H groups in total. The highest BCUT2D eigenvalue weighted by Crippen LogP contribution is 2.32. The second kappa shape index (κ2) is 8.50. The molecule has 1 aromatic carbocycles. The molecule has 2 atom stereocenters. The zero-order valence-electron chi connectivity index (χ0n) is 16.3. The first-order valence-electron chi connectivity index (χ1n) is 9.10. The van der Waals surface area contributed by atoms with Crippen LogP contribution >= 0.6 is 0 Å². The van der Waals surface area contributed by atoms with Crippen LogP contribution in [0.5, 0.6) is 0 Å². The van der Waals surface area contributed by atoms with Crippen molar-refractivity contribution in [2.75, 3.05) is 0 Å². The molecule has 0 radical (unpaired) electrons. The van der Waals surface area contributed by atoms with Crippen molar-refractivity contribution in [3.8, 4) is 0 Å². The summed E-state index contributed by atoms with van der Waals surface area (Å²) in [6.45, 7) is 12.9. The van der Waals surface area contributed by atoms with Gasteiger partial charge in [0.05, 0.1) is 11.1 Å². The molecule has 0 aliphatic heterocycles. The van der Waals surface area contributed by atoms with Gasteiger partial charge in [0.1, 0.15) is 0 Å². The Morgan fingerprint density at radius 1 is 1.08 bits per heavy atom. The molecule has 25 heavy (non-hydrogen) atoms. The van der Waals surface area contributed by atoms with Gasteiger partial charge in [0.15, 0.2) is 0 Å². The minimum atomic E-state index is -1.18. The average molecular weight is 348 g/mol. The lowest BCUT2D eigenvalue weighted by atomic mass is 9.81. The van der Waals surface area contributed by atoms with Crippen LogP contribution in [0.15, 0.2) is 12.1 Å². The minimum Gasteiger partial charge on any atom is -0.478 e. The second-order valence-electron chi connectivity index (χ2n) is 8.38. The van der Waals surface area contributed by atoms with E-state index in [1.807, 2.05) is 0 Å². The highest BCUT2D eigenvalue weighted by atomic mass is 16.4. The van der Waals surface area contributed by atoms with Crippen LogP contribution < -0.4 is 0 Å². The number of carbonyl (C=O) groups is 2. The highest BCUT2D eigenvalue weighted by Gasteiger charge is 2.25. The smallest absolute Gasteiger partial charge is 0.336 e. The Kier molecular flexibility index (Phi) is 7.21. The van der Waals surface area contributed by atoms with Crippen LogP contribution in [-0.4, -0.2) is 22.2 Å². The average Bonchev–Trinajstić information content (AvgIpc) is 2.49. The van der Waals surface area contributed by atoms with Crippen molar-refractivity contribution in [2.45, 2.75) is 73.1 Å². The SMILES string of the molecule is CCC(C)c1ccc(C(=O)O)c(C(=O)O)c1CCC(C)CC(C)(C)C. The molecule has 0 aromatic heterocycles. The van der Waals surface area contributed by atoms with E-state index in [1.165, 1.54) is 6.07 Å². The molecule has 1 rings (SSSR count). The number of hydrogen-bond donors (Lipinski definition) is 2. The summed E-state index contributed by atoms with van der Waals surface area (Å²) in [5.41, 5.74) is 1.74. The first-order valence-corrected chi connectivity index (χ1v) is 9.10.